The van der Waals surface area contributed by atoms with Gasteiger partial charge in [-0.3, -0.25) is 9.69 Å². The van der Waals surface area contributed by atoms with Gasteiger partial charge in [-0.1, -0.05) is 35.9 Å². The van der Waals surface area contributed by atoms with E-state index in [9.17, 15) is 4.79 Å². The predicted octanol–water partition coefficient (Wildman–Crippen LogP) is 6.16. The van der Waals surface area contributed by atoms with Crippen molar-refractivity contribution in [1.29, 1.82) is 0 Å². The molecule has 4 rings (SSSR count). The number of benzene rings is 3. The first-order valence-corrected chi connectivity index (χ1v) is 11.1. The first-order valence-electron chi connectivity index (χ1n) is 9.88. The summed E-state index contributed by atoms with van der Waals surface area (Å²) in [6.45, 7) is 0.406. The summed E-state index contributed by atoms with van der Waals surface area (Å²) in [7, 11) is 3.25. The molecule has 5 nitrogen and oxygen atoms in total. The van der Waals surface area contributed by atoms with Gasteiger partial charge in [0.2, 0.25) is 0 Å². The lowest BCUT2D eigenvalue weighted by Crippen LogP contribution is -2.28. The normalized spacial score (nSPS) is 16.1. The third-order valence-corrected chi connectivity index (χ3v) is 6.11. The lowest BCUT2D eigenvalue weighted by molar-refractivity contribution is -0.122. The Bertz CT molecular complexity index is 1160. The fourth-order valence-corrected chi connectivity index (χ4v) is 4.25. The van der Waals surface area contributed by atoms with Crippen LogP contribution in [0.15, 0.2) is 82.7 Å². The van der Waals surface area contributed by atoms with E-state index in [1.807, 2.05) is 66.7 Å². The summed E-state index contributed by atoms with van der Waals surface area (Å²) in [5.74, 6) is 1.43. The maximum atomic E-state index is 13.3. The molecule has 0 aromatic heterocycles. The minimum atomic E-state index is -0.0898. The van der Waals surface area contributed by atoms with Crippen molar-refractivity contribution in [3.8, 4) is 11.5 Å². The van der Waals surface area contributed by atoms with E-state index in [2.05, 4.69) is 0 Å². The Morgan fingerprint density at radius 1 is 0.906 bits per heavy atom. The minimum Gasteiger partial charge on any atom is -0.497 e. The molecular weight excluding hydrogens is 444 g/mol. The van der Waals surface area contributed by atoms with Crippen molar-refractivity contribution >= 4 is 46.2 Å². The molecule has 32 heavy (non-hydrogen) atoms. The van der Waals surface area contributed by atoms with Gasteiger partial charge in [0.15, 0.2) is 5.17 Å². The van der Waals surface area contributed by atoms with E-state index < -0.39 is 0 Å². The molecule has 7 heteroatoms. The molecule has 3 aromatic rings. The first-order chi connectivity index (χ1) is 15.6. The van der Waals surface area contributed by atoms with Crippen LogP contribution in [0.5, 0.6) is 11.5 Å². The van der Waals surface area contributed by atoms with E-state index in [1.54, 1.807) is 31.3 Å². The molecule has 0 N–H and O–H groups in total. The summed E-state index contributed by atoms with van der Waals surface area (Å²) in [5, 5.41) is 1.27. The molecule has 0 saturated carbocycles. The molecule has 162 valence electrons. The summed E-state index contributed by atoms with van der Waals surface area (Å²) in [5.41, 5.74) is 2.63. The maximum Gasteiger partial charge on any atom is 0.267 e. The molecule has 0 unspecified atom stereocenters. The number of amidine groups is 1. The summed E-state index contributed by atoms with van der Waals surface area (Å²) in [4.78, 5) is 20.3. The fourth-order valence-electron chi connectivity index (χ4n) is 3.12. The van der Waals surface area contributed by atoms with E-state index in [1.165, 1.54) is 11.8 Å². The van der Waals surface area contributed by atoms with Crippen LogP contribution in [0.4, 0.5) is 5.69 Å². The Morgan fingerprint density at radius 2 is 1.50 bits per heavy atom. The molecule has 1 saturated heterocycles. The number of thioether (sulfide) groups is 1. The lowest BCUT2D eigenvalue weighted by Gasteiger charge is -2.16. The highest BCUT2D eigenvalue weighted by Gasteiger charge is 2.33. The summed E-state index contributed by atoms with van der Waals surface area (Å²) in [6.07, 6.45) is 1.86. The van der Waals surface area contributed by atoms with Crippen molar-refractivity contribution in [2.24, 2.45) is 4.99 Å². The average Bonchev–Trinajstić information content (AvgIpc) is 3.10. The number of methoxy groups -OCH3 is 2. The molecule has 0 atom stereocenters. The van der Waals surface area contributed by atoms with Crippen LogP contribution in [0.1, 0.15) is 11.1 Å². The lowest BCUT2D eigenvalue weighted by atomic mass is 10.2. The molecule has 0 spiro atoms. The van der Waals surface area contributed by atoms with Crippen molar-refractivity contribution in [2.45, 2.75) is 6.54 Å². The number of aliphatic imine (C=N–C) groups is 1. The monoisotopic (exact) mass is 464 g/mol. The quantitative estimate of drug-likeness (QED) is 0.410. The van der Waals surface area contributed by atoms with Crippen LogP contribution in [0.3, 0.4) is 0 Å². The third-order valence-electron chi connectivity index (χ3n) is 4.85. The van der Waals surface area contributed by atoms with Crippen LogP contribution in [-0.4, -0.2) is 30.2 Å². The van der Waals surface area contributed by atoms with Crippen LogP contribution in [0, 0.1) is 0 Å². The number of hydrogen-bond acceptors (Lipinski definition) is 5. The summed E-state index contributed by atoms with van der Waals surface area (Å²) in [6, 6.07) is 22.5. The average molecular weight is 465 g/mol. The highest BCUT2D eigenvalue weighted by atomic mass is 35.5. The zero-order valence-corrected chi connectivity index (χ0v) is 19.2. The van der Waals surface area contributed by atoms with Gasteiger partial charge in [-0.05, 0) is 77.5 Å². The number of halogens is 1. The van der Waals surface area contributed by atoms with Gasteiger partial charge in [-0.15, -0.1) is 0 Å². The van der Waals surface area contributed by atoms with Gasteiger partial charge in [0, 0.05) is 5.02 Å². The Balaban J connectivity index is 1.66. The number of nitrogens with zero attached hydrogens (tertiary/aromatic N) is 2. The van der Waals surface area contributed by atoms with E-state index in [-0.39, 0.29) is 5.91 Å². The molecule has 3 aromatic carbocycles. The molecule has 1 heterocycles. The Labute approximate surface area is 196 Å². The number of carbonyl (C=O) groups is 1. The smallest absolute Gasteiger partial charge is 0.267 e. The van der Waals surface area contributed by atoms with E-state index in [0.29, 0.717) is 21.6 Å². The predicted molar refractivity (Wildman–Crippen MR) is 131 cm³/mol. The Hall–Kier alpha value is -3.22. The minimum absolute atomic E-state index is 0.0898. The van der Waals surface area contributed by atoms with Crippen molar-refractivity contribution < 1.29 is 14.3 Å². The van der Waals surface area contributed by atoms with E-state index in [4.69, 9.17) is 26.1 Å². The van der Waals surface area contributed by atoms with Gasteiger partial charge in [-0.2, -0.15) is 0 Å². The van der Waals surface area contributed by atoms with E-state index >= 15 is 0 Å². The zero-order chi connectivity index (χ0) is 22.5. The number of hydrogen-bond donors (Lipinski definition) is 0. The second-order valence-electron chi connectivity index (χ2n) is 6.99. The van der Waals surface area contributed by atoms with Gasteiger partial charge in [0.05, 0.1) is 31.4 Å². The Kier molecular flexibility index (Phi) is 6.83. The zero-order valence-electron chi connectivity index (χ0n) is 17.6. The van der Waals surface area contributed by atoms with Crippen molar-refractivity contribution in [3.63, 3.8) is 0 Å². The number of rotatable bonds is 6. The van der Waals surface area contributed by atoms with Gasteiger partial charge >= 0.3 is 0 Å². The van der Waals surface area contributed by atoms with Crippen LogP contribution < -0.4 is 9.47 Å². The molecule has 0 radical (unpaired) electrons. The number of ether oxygens (including phenoxy) is 2. The molecule has 1 aliphatic heterocycles. The molecule has 0 bridgehead atoms. The second-order valence-corrected chi connectivity index (χ2v) is 8.44. The second kappa shape index (κ2) is 9.94. The van der Waals surface area contributed by atoms with Crippen LogP contribution in [-0.2, 0) is 11.3 Å². The van der Waals surface area contributed by atoms with Crippen LogP contribution in [0.2, 0.25) is 5.02 Å². The summed E-state index contributed by atoms with van der Waals surface area (Å²) < 4.78 is 10.5. The van der Waals surface area contributed by atoms with E-state index in [0.717, 1.165) is 28.3 Å². The standard InChI is InChI=1S/C25H21ClN2O3S/c1-30-21-11-5-18(6-12-21)16-28-24(29)23(15-17-3-7-19(26)8-4-17)32-25(28)27-20-9-13-22(31-2)14-10-20/h3-15H,16H2,1-2H3. The van der Waals surface area contributed by atoms with Crippen molar-refractivity contribution in [1.82, 2.24) is 4.90 Å². The Morgan fingerprint density at radius 3 is 2.09 bits per heavy atom. The first kappa shape index (κ1) is 22.0. The van der Waals surface area contributed by atoms with Crippen molar-refractivity contribution in [3.05, 3.63) is 93.9 Å². The van der Waals surface area contributed by atoms with Crippen LogP contribution >= 0.6 is 23.4 Å². The van der Waals surface area contributed by atoms with Gasteiger partial charge < -0.3 is 9.47 Å². The van der Waals surface area contributed by atoms with Crippen molar-refractivity contribution in [2.75, 3.05) is 14.2 Å². The van der Waals surface area contributed by atoms with Gasteiger partial charge in [0.25, 0.3) is 5.91 Å². The highest BCUT2D eigenvalue weighted by Crippen LogP contribution is 2.35. The number of amides is 1. The topological polar surface area (TPSA) is 51.1 Å². The van der Waals surface area contributed by atoms with Gasteiger partial charge in [-0.25, -0.2) is 4.99 Å². The largest absolute Gasteiger partial charge is 0.497 e. The SMILES string of the molecule is COc1ccc(CN2C(=O)C(=Cc3ccc(Cl)cc3)SC2=Nc2ccc(OC)cc2)cc1. The molecule has 1 fully saturated rings. The third kappa shape index (κ3) is 5.15. The summed E-state index contributed by atoms with van der Waals surface area (Å²) >= 11 is 7.35. The van der Waals surface area contributed by atoms with Crippen LogP contribution in [0.25, 0.3) is 6.08 Å². The number of carbonyl (C=O) groups excluding carboxylic acids is 1. The van der Waals surface area contributed by atoms with Gasteiger partial charge in [0.1, 0.15) is 11.5 Å². The molecule has 1 amide bonds. The fraction of sp³-hybridized carbons (Fsp3) is 0.120. The molecular formula is C25H21ClN2O3S. The molecule has 1 aliphatic rings. The molecule has 0 aliphatic carbocycles. The highest BCUT2D eigenvalue weighted by molar-refractivity contribution is 8.18. The maximum absolute atomic E-state index is 13.3.